The molecule has 0 heterocycles. The summed E-state index contributed by atoms with van der Waals surface area (Å²) in [7, 11) is -1.34. The second-order valence-corrected chi connectivity index (χ2v) is 3.64. The molecule has 0 radical (unpaired) electrons. The normalized spacial score (nSPS) is 9.86. The fourth-order valence-corrected chi connectivity index (χ4v) is 1.02. The van der Waals surface area contributed by atoms with Gasteiger partial charge in [-0.3, -0.25) is 4.79 Å². The second kappa shape index (κ2) is 15.3. The van der Waals surface area contributed by atoms with Crippen LogP contribution >= 0.6 is 0 Å². The Kier molecular flexibility index (Phi) is 19.1. The van der Waals surface area contributed by atoms with Gasteiger partial charge in [-0.2, -0.15) is 0 Å². The van der Waals surface area contributed by atoms with Gasteiger partial charge in [-0.1, -0.05) is 30.3 Å². The molecule has 0 fully saturated rings. The molecule has 0 aromatic heterocycles. The summed E-state index contributed by atoms with van der Waals surface area (Å²) in [5, 5.41) is 35.1. The summed E-state index contributed by atoms with van der Waals surface area (Å²) < 4.78 is 0. The van der Waals surface area contributed by atoms with Gasteiger partial charge in [0, 0.05) is 12.5 Å². The molecule has 108 valence electrons. The molecule has 5 N–H and O–H groups in total. The number of benzene rings is 1. The summed E-state index contributed by atoms with van der Waals surface area (Å²) in [6, 6.07) is 7.49. The number of rotatable bonds is 5. The predicted octanol–water partition coefficient (Wildman–Crippen LogP) is -6.62. The average Bonchev–Trinajstić information content (AvgIpc) is 2.37. The number of carboxylic acids is 2. The van der Waals surface area contributed by atoms with Crippen molar-refractivity contribution in [3.8, 4) is 0 Å². The van der Waals surface area contributed by atoms with Gasteiger partial charge in [-0.05, 0) is 11.9 Å². The number of hydrogen-bond acceptors (Lipinski definition) is 6. The number of carbonyl (C=O) groups is 2. The molecule has 1 aromatic carbocycles. The van der Waals surface area contributed by atoms with Crippen LogP contribution in [0, 0.1) is 0 Å². The van der Waals surface area contributed by atoms with E-state index in [0.717, 1.165) is 0 Å². The fraction of sp³-hybridized carbons (Fsp3) is 0.273. The van der Waals surface area contributed by atoms with Gasteiger partial charge in [-0.15, -0.1) is 0 Å². The van der Waals surface area contributed by atoms with E-state index in [0.29, 0.717) is 5.46 Å². The number of aliphatic carboxylic acids is 2. The van der Waals surface area contributed by atoms with E-state index in [4.69, 9.17) is 20.9 Å². The molecule has 0 amide bonds. The summed E-state index contributed by atoms with van der Waals surface area (Å²) in [6.07, 6.45) is -0.327. The van der Waals surface area contributed by atoms with Crippen LogP contribution in [0.15, 0.2) is 30.3 Å². The molecular formula is C11H17BCaNNaO6. The van der Waals surface area contributed by atoms with Gasteiger partial charge >= 0.3 is 80.4 Å². The van der Waals surface area contributed by atoms with E-state index in [-0.39, 0.29) is 80.1 Å². The Morgan fingerprint density at radius 3 is 2.00 bits per heavy atom. The van der Waals surface area contributed by atoms with Crippen LogP contribution in [0.25, 0.3) is 0 Å². The van der Waals surface area contributed by atoms with E-state index < -0.39 is 25.1 Å². The van der Waals surface area contributed by atoms with E-state index in [1.165, 1.54) is 0 Å². The molecule has 0 aliphatic heterocycles. The van der Waals surface area contributed by atoms with Crippen molar-refractivity contribution in [2.45, 2.75) is 18.9 Å². The minimum atomic E-state index is -1.42. The zero-order valence-corrected chi connectivity index (χ0v) is 13.1. The molecular weight excluding hydrogens is 316 g/mol. The first-order valence-electron chi connectivity index (χ1n) is 5.44. The first-order chi connectivity index (χ1) is 8.84. The molecule has 7 nitrogen and oxygen atoms in total. The number of hydrogen-bond donors (Lipinski definition) is 4. The Balaban J connectivity index is -0.000000282. The molecule has 0 saturated heterocycles. The van der Waals surface area contributed by atoms with E-state index in [2.05, 4.69) is 0 Å². The average molecular weight is 333 g/mol. The third-order valence-electron chi connectivity index (χ3n) is 2.07. The van der Waals surface area contributed by atoms with Gasteiger partial charge in [0.2, 0.25) is 0 Å². The van der Waals surface area contributed by atoms with E-state index >= 15 is 0 Å². The van der Waals surface area contributed by atoms with Crippen molar-refractivity contribution in [3.05, 3.63) is 30.3 Å². The number of carbonyl (C=O) groups excluding carboxylic acids is 1. The van der Waals surface area contributed by atoms with Gasteiger partial charge in [0.05, 0.1) is 5.97 Å². The Morgan fingerprint density at radius 1 is 1.24 bits per heavy atom. The van der Waals surface area contributed by atoms with Crippen LogP contribution in [0.5, 0.6) is 0 Å². The van der Waals surface area contributed by atoms with Crippen LogP contribution in [0.1, 0.15) is 12.8 Å². The second-order valence-electron chi connectivity index (χ2n) is 3.64. The summed E-state index contributed by atoms with van der Waals surface area (Å²) in [6.45, 7) is 0. The molecule has 1 aromatic rings. The zero-order valence-electron chi connectivity index (χ0n) is 11.1. The fourth-order valence-electron chi connectivity index (χ4n) is 1.02. The van der Waals surface area contributed by atoms with E-state index in [1.807, 2.05) is 6.07 Å². The van der Waals surface area contributed by atoms with Crippen molar-refractivity contribution in [2.75, 3.05) is 0 Å². The molecule has 0 spiro atoms. The van der Waals surface area contributed by atoms with Crippen LogP contribution < -0.4 is 45.9 Å². The molecule has 0 aliphatic carbocycles. The maximum Gasteiger partial charge on any atom is 1.00 e. The quantitative estimate of drug-likeness (QED) is 0.392. The third kappa shape index (κ3) is 15.0. The van der Waals surface area contributed by atoms with Gasteiger partial charge in [0.25, 0.3) is 0 Å². The Hall–Kier alpha value is 0.365. The summed E-state index contributed by atoms with van der Waals surface area (Å²) in [5.41, 5.74) is 5.46. The monoisotopic (exact) mass is 333 g/mol. The molecule has 0 saturated carbocycles. The standard InChI is InChI=1S/C6H7BO2.C5H9NO4.Ca.Na.2H/c8-7(9)6-4-2-1-3-5-6;6-3(5(9)10)1-2-4(7)8;;;;/h1-5,8-9H;3H,1-2,6H2,(H,7,8)(H,9,10);;;;/q;;;+1;;/p-1/t;3-;;;;/m.0..../s1. The Morgan fingerprint density at radius 2 is 1.71 bits per heavy atom. The molecule has 21 heavy (non-hydrogen) atoms. The van der Waals surface area contributed by atoms with Crippen molar-refractivity contribution >= 4 is 62.3 Å². The van der Waals surface area contributed by atoms with Crippen molar-refractivity contribution < 1.29 is 59.4 Å². The zero-order chi connectivity index (χ0) is 14.8. The molecule has 0 bridgehead atoms. The van der Waals surface area contributed by atoms with Gasteiger partial charge in [0.1, 0.15) is 0 Å². The van der Waals surface area contributed by atoms with Crippen molar-refractivity contribution in [2.24, 2.45) is 5.73 Å². The van der Waals surface area contributed by atoms with Crippen molar-refractivity contribution in [1.29, 1.82) is 0 Å². The largest absolute Gasteiger partial charge is 1.00 e. The van der Waals surface area contributed by atoms with Gasteiger partial charge in [0.15, 0.2) is 0 Å². The molecule has 0 aliphatic rings. The van der Waals surface area contributed by atoms with Crippen LogP contribution in [0.2, 0.25) is 0 Å². The maximum atomic E-state index is 9.88. The van der Waals surface area contributed by atoms with Crippen LogP contribution in [0.4, 0.5) is 0 Å². The van der Waals surface area contributed by atoms with Crippen LogP contribution in [-0.4, -0.2) is 78.0 Å². The maximum absolute atomic E-state index is 9.88. The van der Waals surface area contributed by atoms with Crippen LogP contribution in [-0.2, 0) is 9.59 Å². The minimum absolute atomic E-state index is 0. The Bertz CT molecular complexity index is 409. The third-order valence-corrected chi connectivity index (χ3v) is 2.07. The van der Waals surface area contributed by atoms with Crippen molar-refractivity contribution in [1.82, 2.24) is 0 Å². The van der Waals surface area contributed by atoms with Gasteiger partial charge < -0.3 is 30.8 Å². The van der Waals surface area contributed by atoms with Gasteiger partial charge in [-0.25, -0.2) is 0 Å². The topological polar surface area (TPSA) is 144 Å². The summed E-state index contributed by atoms with van der Waals surface area (Å²) in [4.78, 5) is 19.7. The first-order valence-corrected chi connectivity index (χ1v) is 5.44. The smallest absolute Gasteiger partial charge is 1.00 e. The predicted molar refractivity (Wildman–Crippen MR) is 74.7 cm³/mol. The van der Waals surface area contributed by atoms with Crippen molar-refractivity contribution in [3.63, 3.8) is 0 Å². The first kappa shape index (κ1) is 26.3. The van der Waals surface area contributed by atoms with E-state index in [9.17, 15) is 14.7 Å². The molecule has 10 heteroatoms. The van der Waals surface area contributed by atoms with E-state index in [1.54, 1.807) is 24.3 Å². The SMILES string of the molecule is N[C@@H](CCC(=O)O)C(=O)[O-].OB(O)c1ccccc1.[CaH2].[Na+]. The molecule has 1 atom stereocenters. The molecule has 0 unspecified atom stereocenters. The van der Waals surface area contributed by atoms with Crippen LogP contribution in [0.3, 0.4) is 0 Å². The summed E-state index contributed by atoms with van der Waals surface area (Å²) >= 11 is 0. The minimum Gasteiger partial charge on any atom is 1.00 e. The Labute approximate surface area is 175 Å². The number of nitrogens with two attached hydrogens (primary N) is 1. The number of carboxylic acid groups (broad SMARTS) is 2. The summed E-state index contributed by atoms with van der Waals surface area (Å²) in [5.74, 6) is -2.47. The molecule has 1 rings (SSSR count).